The van der Waals surface area contributed by atoms with Gasteiger partial charge in [-0.3, -0.25) is 0 Å². The molecule has 20 heavy (non-hydrogen) atoms. The molecule has 0 saturated heterocycles. The quantitative estimate of drug-likeness (QED) is 0.787. The van der Waals surface area contributed by atoms with Crippen LogP contribution < -0.4 is 5.73 Å². The first-order chi connectivity index (χ1) is 9.19. The zero-order chi connectivity index (χ0) is 15.0. The van der Waals surface area contributed by atoms with Crippen LogP contribution in [0.1, 0.15) is 77.3 Å². The van der Waals surface area contributed by atoms with Crippen molar-refractivity contribution in [2.75, 3.05) is 0 Å². The second-order valence-electron chi connectivity index (χ2n) is 8.22. The average molecular weight is 273 g/mol. The van der Waals surface area contributed by atoms with Crippen LogP contribution in [0.5, 0.6) is 0 Å². The van der Waals surface area contributed by atoms with Gasteiger partial charge in [-0.05, 0) is 67.9 Å². The number of hydrogen-bond donors (Lipinski definition) is 1. The van der Waals surface area contributed by atoms with Crippen LogP contribution in [0.2, 0.25) is 0 Å². The first-order valence-electron chi connectivity index (χ1n) is 8.08. The summed E-state index contributed by atoms with van der Waals surface area (Å²) in [6.45, 7) is 11.4. The summed E-state index contributed by atoms with van der Waals surface area (Å²) in [5.74, 6) is 1.57. The normalized spacial score (nSPS) is 24.7. The van der Waals surface area contributed by atoms with Gasteiger partial charge < -0.3 is 5.73 Å². The second-order valence-corrected chi connectivity index (χ2v) is 8.22. The van der Waals surface area contributed by atoms with E-state index < -0.39 is 0 Å². The van der Waals surface area contributed by atoms with Crippen molar-refractivity contribution < 1.29 is 0 Å². The predicted molar refractivity (Wildman–Crippen MR) is 87.8 cm³/mol. The van der Waals surface area contributed by atoms with Crippen LogP contribution in [0, 0.1) is 11.3 Å². The highest BCUT2D eigenvalue weighted by Gasteiger charge is 2.32. The third kappa shape index (κ3) is 3.44. The van der Waals surface area contributed by atoms with Gasteiger partial charge in [0.05, 0.1) is 0 Å². The van der Waals surface area contributed by atoms with E-state index in [4.69, 9.17) is 5.73 Å². The van der Waals surface area contributed by atoms with E-state index in [2.05, 4.69) is 58.9 Å². The van der Waals surface area contributed by atoms with Crippen molar-refractivity contribution in [2.45, 2.75) is 71.8 Å². The molecule has 2 rings (SSSR count). The number of hydrogen-bond acceptors (Lipinski definition) is 1. The predicted octanol–water partition coefficient (Wildman–Crippen LogP) is 5.20. The van der Waals surface area contributed by atoms with E-state index in [1.54, 1.807) is 0 Å². The van der Waals surface area contributed by atoms with Crippen molar-refractivity contribution in [3.8, 4) is 0 Å². The van der Waals surface area contributed by atoms with Gasteiger partial charge in [-0.15, -0.1) is 0 Å². The van der Waals surface area contributed by atoms with E-state index >= 15 is 0 Å². The Morgan fingerprint density at radius 3 is 1.95 bits per heavy atom. The molecule has 0 spiro atoms. The third-order valence-corrected chi connectivity index (χ3v) is 5.05. The Morgan fingerprint density at radius 1 is 0.900 bits per heavy atom. The van der Waals surface area contributed by atoms with E-state index in [0.717, 1.165) is 5.92 Å². The summed E-state index contributed by atoms with van der Waals surface area (Å²) in [5.41, 5.74) is 9.40. The molecule has 0 unspecified atom stereocenters. The molecule has 0 aliphatic heterocycles. The van der Waals surface area contributed by atoms with Gasteiger partial charge in [-0.25, -0.2) is 0 Å². The van der Waals surface area contributed by atoms with Gasteiger partial charge in [0.25, 0.3) is 0 Å². The molecule has 1 heteroatoms. The molecule has 1 aromatic rings. The maximum Gasteiger partial charge on any atom is 0.0355 e. The average Bonchev–Trinajstić information content (AvgIpc) is 2.37. The van der Waals surface area contributed by atoms with Crippen molar-refractivity contribution >= 4 is 0 Å². The van der Waals surface area contributed by atoms with Crippen molar-refractivity contribution in [1.82, 2.24) is 0 Å². The van der Waals surface area contributed by atoms with Crippen molar-refractivity contribution in [2.24, 2.45) is 17.1 Å². The fourth-order valence-electron chi connectivity index (χ4n) is 3.71. The summed E-state index contributed by atoms with van der Waals surface area (Å²) in [5, 5.41) is 0. The Kier molecular flexibility index (Phi) is 4.30. The van der Waals surface area contributed by atoms with Gasteiger partial charge in [0, 0.05) is 5.54 Å². The minimum atomic E-state index is -0.239. The van der Waals surface area contributed by atoms with Crippen molar-refractivity contribution in [3.05, 3.63) is 35.4 Å². The van der Waals surface area contributed by atoms with E-state index in [1.165, 1.54) is 36.8 Å². The SMILES string of the molecule is CC(C)(N)c1ccccc1C1CCC(C(C)(C)C)CC1. The van der Waals surface area contributed by atoms with Crippen LogP contribution >= 0.6 is 0 Å². The first kappa shape index (κ1) is 15.6. The molecule has 0 radical (unpaired) electrons. The van der Waals surface area contributed by atoms with E-state index in [1.807, 2.05) is 0 Å². The maximum atomic E-state index is 6.36. The summed E-state index contributed by atoms with van der Waals surface area (Å²) in [4.78, 5) is 0. The molecular formula is C19H31N. The van der Waals surface area contributed by atoms with Crippen molar-refractivity contribution in [3.63, 3.8) is 0 Å². The lowest BCUT2D eigenvalue weighted by molar-refractivity contribution is 0.168. The second kappa shape index (κ2) is 5.52. The number of nitrogens with two attached hydrogens (primary N) is 1. The van der Waals surface area contributed by atoms with Crippen LogP contribution in [0.4, 0.5) is 0 Å². The molecule has 0 atom stereocenters. The fraction of sp³-hybridized carbons (Fsp3) is 0.684. The van der Waals surface area contributed by atoms with Gasteiger partial charge in [-0.2, -0.15) is 0 Å². The van der Waals surface area contributed by atoms with Gasteiger partial charge in [-0.1, -0.05) is 45.0 Å². The molecule has 1 aromatic carbocycles. The summed E-state index contributed by atoms with van der Waals surface area (Å²) >= 11 is 0. The highest BCUT2D eigenvalue weighted by molar-refractivity contribution is 5.35. The van der Waals surface area contributed by atoms with E-state index in [9.17, 15) is 0 Å². The number of benzene rings is 1. The van der Waals surface area contributed by atoms with Crippen LogP contribution in [0.25, 0.3) is 0 Å². The third-order valence-electron chi connectivity index (χ3n) is 5.05. The zero-order valence-electron chi connectivity index (χ0n) is 13.9. The van der Waals surface area contributed by atoms with Crippen molar-refractivity contribution in [1.29, 1.82) is 0 Å². The van der Waals surface area contributed by atoms with E-state index in [0.29, 0.717) is 11.3 Å². The summed E-state index contributed by atoms with van der Waals surface area (Å²) in [7, 11) is 0. The lowest BCUT2D eigenvalue weighted by atomic mass is 9.68. The zero-order valence-corrected chi connectivity index (χ0v) is 13.9. The highest BCUT2D eigenvalue weighted by Crippen LogP contribution is 2.44. The van der Waals surface area contributed by atoms with Crippen LogP contribution in [-0.4, -0.2) is 0 Å². The van der Waals surface area contributed by atoms with Gasteiger partial charge in [0.2, 0.25) is 0 Å². The molecule has 0 bridgehead atoms. The molecular weight excluding hydrogens is 242 g/mol. The molecule has 112 valence electrons. The minimum Gasteiger partial charge on any atom is -0.322 e. The van der Waals surface area contributed by atoms with Crippen LogP contribution in [0.15, 0.2) is 24.3 Å². The molecule has 1 saturated carbocycles. The Hall–Kier alpha value is -0.820. The first-order valence-corrected chi connectivity index (χ1v) is 8.08. The highest BCUT2D eigenvalue weighted by atomic mass is 14.7. The Bertz CT molecular complexity index is 440. The lowest BCUT2D eigenvalue weighted by Crippen LogP contribution is -2.31. The van der Waals surface area contributed by atoms with Crippen LogP contribution in [-0.2, 0) is 5.54 Å². The van der Waals surface area contributed by atoms with Gasteiger partial charge in [0.1, 0.15) is 0 Å². The molecule has 2 N–H and O–H groups in total. The largest absolute Gasteiger partial charge is 0.322 e. The smallest absolute Gasteiger partial charge is 0.0355 e. The summed E-state index contributed by atoms with van der Waals surface area (Å²) in [6, 6.07) is 8.80. The Morgan fingerprint density at radius 2 is 1.45 bits per heavy atom. The monoisotopic (exact) mass is 273 g/mol. The topological polar surface area (TPSA) is 26.0 Å². The Labute approximate surface area is 125 Å². The maximum absolute atomic E-state index is 6.36. The lowest BCUT2D eigenvalue weighted by Gasteiger charge is -2.38. The fourth-order valence-corrected chi connectivity index (χ4v) is 3.71. The molecule has 1 aliphatic carbocycles. The standard InChI is InChI=1S/C19H31N/c1-18(2,3)15-12-10-14(11-13-15)16-8-6-7-9-17(16)19(4,5)20/h6-9,14-15H,10-13,20H2,1-5H3. The molecule has 1 fully saturated rings. The van der Waals surface area contributed by atoms with Gasteiger partial charge >= 0.3 is 0 Å². The molecule has 1 nitrogen and oxygen atoms in total. The minimum absolute atomic E-state index is 0.239. The molecule has 0 heterocycles. The molecule has 0 aromatic heterocycles. The summed E-state index contributed by atoms with van der Waals surface area (Å²) in [6.07, 6.45) is 5.34. The Balaban J connectivity index is 2.16. The summed E-state index contributed by atoms with van der Waals surface area (Å²) < 4.78 is 0. The van der Waals surface area contributed by atoms with E-state index in [-0.39, 0.29) is 5.54 Å². The molecule has 1 aliphatic rings. The number of rotatable bonds is 2. The molecule has 0 amide bonds. The van der Waals surface area contributed by atoms with Gasteiger partial charge in [0.15, 0.2) is 0 Å². The van der Waals surface area contributed by atoms with Crippen LogP contribution in [0.3, 0.4) is 0 Å².